The fourth-order valence-corrected chi connectivity index (χ4v) is 12.8. The molecule has 1 aliphatic heterocycles. The molecule has 8 atom stereocenters. The first kappa shape index (κ1) is 25.5. The Kier molecular flexibility index (Phi) is 5.35. The number of carbonyl (C=O) groups is 1. The molecule has 3 N–H and O–H groups in total. The van der Waals surface area contributed by atoms with Gasteiger partial charge in [0, 0.05) is 29.5 Å². The second-order valence-electron chi connectivity index (χ2n) is 15.9. The molecule has 39 heavy (non-hydrogen) atoms. The molecule has 8 aliphatic carbocycles. The van der Waals surface area contributed by atoms with Crippen LogP contribution in [0, 0.1) is 46.3 Å². The largest absolute Gasteiger partial charge is 0.458 e. The summed E-state index contributed by atoms with van der Waals surface area (Å²) in [4.78, 5) is 17.5. The van der Waals surface area contributed by atoms with Crippen LogP contribution >= 0.6 is 0 Å². The second kappa shape index (κ2) is 8.19. The molecule has 0 radical (unpaired) electrons. The molecule has 0 unspecified atom stereocenters. The molecule has 0 aromatic carbocycles. The number of rotatable bonds is 3. The van der Waals surface area contributed by atoms with E-state index in [1.165, 1.54) is 38.5 Å². The van der Waals surface area contributed by atoms with Crippen LogP contribution in [-0.4, -0.2) is 57.0 Å². The van der Waals surface area contributed by atoms with Crippen LogP contribution in [0.4, 0.5) is 0 Å². The average molecular weight is 538 g/mol. The molecule has 0 aromatic rings. The monoisotopic (exact) mass is 537 g/mol. The Morgan fingerprint density at radius 3 is 2.26 bits per heavy atom. The highest BCUT2D eigenvalue weighted by atomic mass is 16.5. The molecule has 1 heterocycles. The molecular weight excluding hydrogens is 490 g/mol. The van der Waals surface area contributed by atoms with E-state index in [9.17, 15) is 20.1 Å². The molecule has 6 heteroatoms. The number of aliphatic hydroxyl groups excluding tert-OH is 1. The zero-order valence-corrected chi connectivity index (χ0v) is 23.6. The van der Waals surface area contributed by atoms with Crippen molar-refractivity contribution in [2.45, 2.75) is 126 Å². The van der Waals surface area contributed by atoms with E-state index >= 15 is 0 Å². The Balaban J connectivity index is 1.16. The highest BCUT2D eigenvalue weighted by molar-refractivity contribution is 5.85. The van der Waals surface area contributed by atoms with Crippen LogP contribution in [-0.2, 0) is 9.53 Å². The van der Waals surface area contributed by atoms with Gasteiger partial charge in [0.15, 0.2) is 0 Å². The van der Waals surface area contributed by atoms with E-state index in [-0.39, 0.29) is 34.7 Å². The highest BCUT2D eigenvalue weighted by Crippen LogP contribution is 2.70. The Morgan fingerprint density at radius 1 is 0.897 bits per heavy atom. The molecule has 0 amide bonds. The average Bonchev–Trinajstić information content (AvgIpc) is 3.41. The first-order valence-corrected chi connectivity index (χ1v) is 16.1. The summed E-state index contributed by atoms with van der Waals surface area (Å²) >= 11 is 0. The van der Waals surface area contributed by atoms with E-state index in [2.05, 4.69) is 13.1 Å². The summed E-state index contributed by atoms with van der Waals surface area (Å²) in [7, 11) is 0. The number of cyclic esters (lactones) is 1. The minimum atomic E-state index is -0.964. The number of nitrogens with zero attached hydrogens (tertiary/aromatic N) is 1. The standard InChI is InChI=1S/C33H47NO5/c1-29-6-3-26-27(33(29,38)9-5-25(29)23-13-28(36)39-18-23)4-8-32(37)17-24(35)2-7-31(26,32)19-34-30-14-20-10-21(15-30)12-22(11-20)16-30/h13,19-22,24-27,35,37-38H,2-12,14-18H2,1H3/t20?,21?,22?,24-,25+,26-,27+,29-,30?,31+,32-,33+/m1/s1. The molecule has 6 nitrogen and oxygen atoms in total. The summed E-state index contributed by atoms with van der Waals surface area (Å²) in [6, 6.07) is 0. The highest BCUT2D eigenvalue weighted by Gasteiger charge is 2.71. The fraction of sp³-hybridized carbons (Fsp3) is 0.879. The van der Waals surface area contributed by atoms with E-state index in [0.717, 1.165) is 61.9 Å². The quantitative estimate of drug-likeness (QED) is 0.357. The summed E-state index contributed by atoms with van der Waals surface area (Å²) in [6.07, 6.45) is 18.0. The number of carbonyl (C=O) groups excluding carboxylic acids is 1. The van der Waals surface area contributed by atoms with Gasteiger partial charge < -0.3 is 20.1 Å². The van der Waals surface area contributed by atoms with Crippen molar-refractivity contribution in [2.24, 2.45) is 51.3 Å². The number of hydrogen-bond donors (Lipinski definition) is 3. The Hall–Kier alpha value is -1.24. The van der Waals surface area contributed by atoms with Gasteiger partial charge in [-0.05, 0) is 131 Å². The SMILES string of the molecule is C[C@]12CC[C@@H]3[C@H](CC[C@@]4(O)C[C@H](O)CC[C@]34C=NC34CC5CC(CC(C5)C3)C4)[C@@]1(O)CC[C@H]2C1=CC(=O)OC1. The van der Waals surface area contributed by atoms with Crippen molar-refractivity contribution in [1.29, 1.82) is 0 Å². The number of aliphatic hydroxyl groups is 3. The molecule has 4 bridgehead atoms. The van der Waals surface area contributed by atoms with Crippen molar-refractivity contribution >= 4 is 12.2 Å². The fourth-order valence-electron chi connectivity index (χ4n) is 12.8. The van der Waals surface area contributed by atoms with Crippen LogP contribution in [0.2, 0.25) is 0 Å². The van der Waals surface area contributed by atoms with Gasteiger partial charge in [0.2, 0.25) is 0 Å². The third-order valence-corrected chi connectivity index (χ3v) is 14.2. The smallest absolute Gasteiger partial charge is 0.331 e. The summed E-state index contributed by atoms with van der Waals surface area (Å²) in [5.41, 5.74) is -1.47. The van der Waals surface area contributed by atoms with Gasteiger partial charge in [-0.2, -0.15) is 0 Å². The topological polar surface area (TPSA) is 99.4 Å². The summed E-state index contributed by atoms with van der Waals surface area (Å²) in [5, 5.41) is 35.8. The molecule has 9 rings (SSSR count). The first-order valence-electron chi connectivity index (χ1n) is 16.1. The molecule has 8 saturated carbocycles. The number of hydrogen-bond acceptors (Lipinski definition) is 6. The van der Waals surface area contributed by atoms with Crippen molar-refractivity contribution in [3.63, 3.8) is 0 Å². The molecule has 0 aromatic heterocycles. The van der Waals surface area contributed by atoms with E-state index < -0.39 is 22.7 Å². The maximum Gasteiger partial charge on any atom is 0.331 e. The van der Waals surface area contributed by atoms with Crippen molar-refractivity contribution in [1.82, 2.24) is 0 Å². The van der Waals surface area contributed by atoms with E-state index in [4.69, 9.17) is 9.73 Å². The Labute approximate surface area is 232 Å². The molecule has 0 spiro atoms. The van der Waals surface area contributed by atoms with Crippen molar-refractivity contribution in [3.8, 4) is 0 Å². The predicted octanol–water partition coefficient (Wildman–Crippen LogP) is 4.74. The van der Waals surface area contributed by atoms with Crippen molar-refractivity contribution in [2.75, 3.05) is 6.61 Å². The van der Waals surface area contributed by atoms with Gasteiger partial charge in [-0.15, -0.1) is 0 Å². The predicted molar refractivity (Wildman–Crippen MR) is 147 cm³/mol. The first-order chi connectivity index (χ1) is 18.6. The van der Waals surface area contributed by atoms with Gasteiger partial charge >= 0.3 is 5.97 Å². The number of fused-ring (bicyclic) bond motifs is 5. The lowest BCUT2D eigenvalue weighted by molar-refractivity contribution is -0.237. The normalized spacial score (nSPS) is 57.7. The van der Waals surface area contributed by atoms with Gasteiger partial charge in [0.25, 0.3) is 0 Å². The van der Waals surface area contributed by atoms with Gasteiger partial charge in [0.05, 0.1) is 22.8 Å². The van der Waals surface area contributed by atoms with Gasteiger partial charge in [-0.25, -0.2) is 4.79 Å². The minimum absolute atomic E-state index is 0.0490. The van der Waals surface area contributed by atoms with E-state index in [1.807, 2.05) is 0 Å². The van der Waals surface area contributed by atoms with Crippen LogP contribution in [0.5, 0.6) is 0 Å². The van der Waals surface area contributed by atoms with Crippen molar-refractivity contribution in [3.05, 3.63) is 11.6 Å². The summed E-state index contributed by atoms with van der Waals surface area (Å²) < 4.78 is 5.30. The number of aliphatic imine (C=N–C) groups is 1. The zero-order chi connectivity index (χ0) is 26.8. The lowest BCUT2D eigenvalue weighted by Gasteiger charge is -2.66. The second-order valence-corrected chi connectivity index (χ2v) is 15.9. The molecule has 0 saturated heterocycles. The van der Waals surface area contributed by atoms with Crippen LogP contribution in [0.15, 0.2) is 16.6 Å². The molecular formula is C33H47NO5. The van der Waals surface area contributed by atoms with E-state index in [1.54, 1.807) is 6.08 Å². The van der Waals surface area contributed by atoms with Crippen LogP contribution in [0.1, 0.15) is 103 Å². The van der Waals surface area contributed by atoms with Crippen LogP contribution < -0.4 is 0 Å². The van der Waals surface area contributed by atoms with Gasteiger partial charge in [-0.3, -0.25) is 4.99 Å². The minimum Gasteiger partial charge on any atom is -0.458 e. The number of esters is 1. The lowest BCUT2D eigenvalue weighted by atomic mass is 9.41. The zero-order valence-electron chi connectivity index (χ0n) is 23.6. The van der Waals surface area contributed by atoms with Crippen LogP contribution in [0.25, 0.3) is 0 Å². The van der Waals surface area contributed by atoms with Crippen molar-refractivity contribution < 1.29 is 24.9 Å². The van der Waals surface area contributed by atoms with Crippen LogP contribution in [0.3, 0.4) is 0 Å². The lowest BCUT2D eigenvalue weighted by Crippen LogP contribution is -2.69. The third kappa shape index (κ3) is 3.37. The van der Waals surface area contributed by atoms with Gasteiger partial charge in [0.1, 0.15) is 6.61 Å². The molecule has 9 aliphatic rings. The molecule has 8 fully saturated rings. The third-order valence-electron chi connectivity index (χ3n) is 14.2. The summed E-state index contributed by atoms with van der Waals surface area (Å²) in [6.45, 7) is 2.62. The summed E-state index contributed by atoms with van der Waals surface area (Å²) in [5.74, 6) is 2.64. The maximum absolute atomic E-state index is 12.7. The number of ether oxygens (including phenoxy) is 1. The Morgan fingerprint density at radius 2 is 1.59 bits per heavy atom. The maximum atomic E-state index is 12.7. The van der Waals surface area contributed by atoms with E-state index in [0.29, 0.717) is 25.9 Å². The Bertz CT molecular complexity index is 1100. The molecule has 214 valence electrons. The van der Waals surface area contributed by atoms with Gasteiger partial charge in [-0.1, -0.05) is 6.92 Å².